The Morgan fingerprint density at radius 2 is 2.05 bits per heavy atom. The number of nitrogens with one attached hydrogen (secondary N) is 2. The fourth-order valence-corrected chi connectivity index (χ4v) is 1.55. The number of aromatic nitrogens is 1. The van der Waals surface area contributed by atoms with Gasteiger partial charge >= 0.3 is 12.0 Å². The summed E-state index contributed by atoms with van der Waals surface area (Å²) in [7, 11) is 0. The van der Waals surface area contributed by atoms with E-state index in [1.807, 2.05) is 0 Å². The van der Waals surface area contributed by atoms with E-state index in [4.69, 9.17) is 5.11 Å². The van der Waals surface area contributed by atoms with E-state index in [1.165, 1.54) is 18.5 Å². The smallest absolute Gasteiger partial charge is 0.337 e. The first-order valence-corrected chi connectivity index (χ1v) is 6.36. The molecule has 1 aromatic rings. The van der Waals surface area contributed by atoms with Crippen LogP contribution in [0.2, 0.25) is 0 Å². The molecule has 0 aliphatic rings. The number of hydrogen-bond acceptors (Lipinski definition) is 3. The highest BCUT2D eigenvalue weighted by molar-refractivity contribution is 5.92. The van der Waals surface area contributed by atoms with Crippen LogP contribution in [0.5, 0.6) is 0 Å². The molecule has 1 aromatic heterocycles. The van der Waals surface area contributed by atoms with Crippen molar-refractivity contribution < 1.29 is 14.7 Å². The Morgan fingerprint density at radius 1 is 1.26 bits per heavy atom. The van der Waals surface area contributed by atoms with Gasteiger partial charge < -0.3 is 15.7 Å². The fourth-order valence-electron chi connectivity index (χ4n) is 1.55. The number of aromatic carboxylic acids is 1. The third-order valence-electron chi connectivity index (χ3n) is 2.56. The van der Waals surface area contributed by atoms with Crippen molar-refractivity contribution in [2.45, 2.75) is 32.6 Å². The van der Waals surface area contributed by atoms with Crippen molar-refractivity contribution in [1.29, 1.82) is 0 Å². The van der Waals surface area contributed by atoms with E-state index in [0.717, 1.165) is 25.7 Å². The van der Waals surface area contributed by atoms with Crippen molar-refractivity contribution in [2.75, 3.05) is 11.9 Å². The maximum atomic E-state index is 11.5. The van der Waals surface area contributed by atoms with E-state index < -0.39 is 5.97 Å². The first-order valence-electron chi connectivity index (χ1n) is 6.36. The van der Waals surface area contributed by atoms with Crippen LogP contribution in [0.25, 0.3) is 0 Å². The van der Waals surface area contributed by atoms with Gasteiger partial charge in [-0.2, -0.15) is 0 Å². The number of rotatable bonds is 7. The fraction of sp³-hybridized carbons (Fsp3) is 0.462. The number of anilines is 1. The van der Waals surface area contributed by atoms with E-state index >= 15 is 0 Å². The average Bonchev–Trinajstić information content (AvgIpc) is 2.38. The molecule has 0 bridgehead atoms. The van der Waals surface area contributed by atoms with Crippen LogP contribution in [0, 0.1) is 0 Å². The lowest BCUT2D eigenvalue weighted by Gasteiger charge is -2.07. The molecule has 0 spiro atoms. The zero-order valence-corrected chi connectivity index (χ0v) is 11.0. The molecule has 6 heteroatoms. The molecule has 3 N–H and O–H groups in total. The molecule has 0 saturated carbocycles. The lowest BCUT2D eigenvalue weighted by molar-refractivity contribution is 0.0696. The Morgan fingerprint density at radius 3 is 2.74 bits per heavy atom. The summed E-state index contributed by atoms with van der Waals surface area (Å²) in [6.45, 7) is 2.74. The number of unbranched alkanes of at least 4 members (excludes halogenated alkanes) is 3. The van der Waals surface area contributed by atoms with Gasteiger partial charge in [0, 0.05) is 12.7 Å². The molecular weight excluding hydrogens is 246 g/mol. The zero-order chi connectivity index (χ0) is 14.1. The maximum absolute atomic E-state index is 11.5. The number of nitrogens with zero attached hydrogens (tertiary/aromatic N) is 1. The van der Waals surface area contributed by atoms with Crippen LogP contribution in [0.4, 0.5) is 10.5 Å². The minimum Gasteiger partial charge on any atom is -0.478 e. The molecular formula is C13H19N3O3. The maximum Gasteiger partial charge on any atom is 0.337 e. The van der Waals surface area contributed by atoms with E-state index in [-0.39, 0.29) is 11.6 Å². The number of pyridine rings is 1. The summed E-state index contributed by atoms with van der Waals surface area (Å²) in [6, 6.07) is 1.02. The van der Waals surface area contributed by atoms with Gasteiger partial charge in [-0.3, -0.25) is 4.98 Å². The first kappa shape index (κ1) is 14.9. The van der Waals surface area contributed by atoms with E-state index in [2.05, 4.69) is 22.5 Å². The topological polar surface area (TPSA) is 91.3 Å². The second kappa shape index (κ2) is 8.07. The van der Waals surface area contributed by atoms with Gasteiger partial charge in [-0.1, -0.05) is 26.2 Å². The predicted molar refractivity (Wildman–Crippen MR) is 72.4 cm³/mol. The summed E-state index contributed by atoms with van der Waals surface area (Å²) in [5.74, 6) is -1.07. The third kappa shape index (κ3) is 5.85. The van der Waals surface area contributed by atoms with Gasteiger partial charge in [-0.05, 0) is 12.5 Å². The van der Waals surface area contributed by atoms with Gasteiger partial charge in [0.25, 0.3) is 0 Å². The van der Waals surface area contributed by atoms with E-state index in [0.29, 0.717) is 12.2 Å². The van der Waals surface area contributed by atoms with Crippen LogP contribution < -0.4 is 10.6 Å². The number of carbonyl (C=O) groups is 2. The molecule has 6 nitrogen and oxygen atoms in total. The summed E-state index contributed by atoms with van der Waals surface area (Å²) < 4.78 is 0. The Labute approximate surface area is 112 Å². The van der Waals surface area contributed by atoms with Gasteiger partial charge in [0.2, 0.25) is 0 Å². The van der Waals surface area contributed by atoms with Crippen LogP contribution in [0.1, 0.15) is 43.0 Å². The van der Waals surface area contributed by atoms with Crippen LogP contribution in [-0.4, -0.2) is 28.6 Å². The van der Waals surface area contributed by atoms with Gasteiger partial charge in [-0.15, -0.1) is 0 Å². The van der Waals surface area contributed by atoms with Crippen molar-refractivity contribution >= 4 is 17.7 Å². The molecule has 0 unspecified atom stereocenters. The molecule has 104 valence electrons. The van der Waals surface area contributed by atoms with Gasteiger partial charge in [0.15, 0.2) is 0 Å². The van der Waals surface area contributed by atoms with Crippen LogP contribution in [-0.2, 0) is 0 Å². The third-order valence-corrected chi connectivity index (χ3v) is 2.56. The lowest BCUT2D eigenvalue weighted by Crippen LogP contribution is -2.29. The normalized spacial score (nSPS) is 9.95. The minimum absolute atomic E-state index is 0.0424. The van der Waals surface area contributed by atoms with Crippen LogP contribution in [0.3, 0.4) is 0 Å². The molecule has 19 heavy (non-hydrogen) atoms. The summed E-state index contributed by atoms with van der Waals surface area (Å²) in [5, 5.41) is 14.1. The summed E-state index contributed by atoms with van der Waals surface area (Å²) in [4.78, 5) is 26.0. The quantitative estimate of drug-likeness (QED) is 0.660. The highest BCUT2D eigenvalue weighted by atomic mass is 16.4. The number of carbonyl (C=O) groups excluding carboxylic acids is 1. The highest BCUT2D eigenvalue weighted by Gasteiger charge is 2.06. The molecule has 0 atom stereocenters. The number of carboxylic acid groups (broad SMARTS) is 1. The molecule has 2 amide bonds. The Bertz CT molecular complexity index is 435. The zero-order valence-electron chi connectivity index (χ0n) is 11.0. The molecule has 1 rings (SSSR count). The average molecular weight is 265 g/mol. The minimum atomic E-state index is -1.07. The standard InChI is InChI=1S/C13H19N3O3/c1-2-3-4-5-6-15-13(19)16-11-7-10(12(17)18)8-14-9-11/h7-9H,2-6H2,1H3,(H,17,18)(H2,15,16,19). The SMILES string of the molecule is CCCCCCNC(=O)Nc1cncc(C(=O)O)c1. The monoisotopic (exact) mass is 265 g/mol. The number of hydrogen-bond donors (Lipinski definition) is 3. The number of carboxylic acids is 1. The van der Waals surface area contributed by atoms with Crippen LogP contribution in [0.15, 0.2) is 18.5 Å². The molecule has 0 aliphatic carbocycles. The Balaban J connectivity index is 2.35. The summed E-state index contributed by atoms with van der Waals surface area (Å²) in [5.41, 5.74) is 0.409. The van der Waals surface area contributed by atoms with Crippen molar-refractivity contribution in [3.05, 3.63) is 24.0 Å². The second-order valence-electron chi connectivity index (χ2n) is 4.21. The second-order valence-corrected chi connectivity index (χ2v) is 4.21. The van der Waals surface area contributed by atoms with Gasteiger partial charge in [-0.25, -0.2) is 9.59 Å². The number of amides is 2. The summed E-state index contributed by atoms with van der Waals surface area (Å²) >= 11 is 0. The van der Waals surface area contributed by atoms with Crippen molar-refractivity contribution in [1.82, 2.24) is 10.3 Å². The summed E-state index contributed by atoms with van der Waals surface area (Å²) in [6.07, 6.45) is 6.98. The molecule has 0 fully saturated rings. The van der Waals surface area contributed by atoms with Crippen molar-refractivity contribution in [3.8, 4) is 0 Å². The van der Waals surface area contributed by atoms with Gasteiger partial charge in [0.1, 0.15) is 0 Å². The molecule has 1 heterocycles. The van der Waals surface area contributed by atoms with Crippen molar-refractivity contribution in [2.24, 2.45) is 0 Å². The molecule has 0 aliphatic heterocycles. The Hall–Kier alpha value is -2.11. The van der Waals surface area contributed by atoms with E-state index in [1.54, 1.807) is 0 Å². The Kier molecular flexibility index (Phi) is 6.35. The molecule has 0 radical (unpaired) electrons. The predicted octanol–water partition coefficient (Wildman–Crippen LogP) is 2.48. The number of urea groups is 1. The van der Waals surface area contributed by atoms with Crippen LogP contribution >= 0.6 is 0 Å². The van der Waals surface area contributed by atoms with Gasteiger partial charge in [0.05, 0.1) is 17.4 Å². The van der Waals surface area contributed by atoms with Crippen molar-refractivity contribution in [3.63, 3.8) is 0 Å². The molecule has 0 saturated heterocycles. The van der Waals surface area contributed by atoms with E-state index in [9.17, 15) is 9.59 Å². The highest BCUT2D eigenvalue weighted by Crippen LogP contribution is 2.08. The largest absolute Gasteiger partial charge is 0.478 e. The molecule has 0 aromatic carbocycles. The lowest BCUT2D eigenvalue weighted by atomic mass is 10.2. The first-order chi connectivity index (χ1) is 9.13.